The zero-order valence-corrected chi connectivity index (χ0v) is 26.9. The van der Waals surface area contributed by atoms with E-state index in [0.717, 1.165) is 21.3 Å². The standard InChI is InChI=1S/C30H28BrN7O6S/c1-36-26(16-32-29(40)19-9-13-21(14-10-19)38(41)42)33-34-30(36)45-17-27(39)37-24(22-5-4-6-25(43-2)28(22)44-3)15-23(35-37)18-7-11-20(31)12-8-18/h4-14,24H,15-17H2,1-3H3,(H,32,40)/t24-/m1/s1. The van der Waals surface area contributed by atoms with Gasteiger partial charge in [0.15, 0.2) is 22.5 Å². The van der Waals surface area contributed by atoms with Gasteiger partial charge in [0.25, 0.3) is 17.5 Å². The topological polar surface area (TPSA) is 154 Å². The van der Waals surface area contributed by atoms with Crippen LogP contribution in [0.15, 0.2) is 81.5 Å². The van der Waals surface area contributed by atoms with Crippen LogP contribution in [0.4, 0.5) is 5.69 Å². The lowest BCUT2D eigenvalue weighted by Gasteiger charge is -2.24. The van der Waals surface area contributed by atoms with E-state index in [4.69, 9.17) is 14.6 Å². The molecule has 0 unspecified atom stereocenters. The Labute approximate surface area is 270 Å². The van der Waals surface area contributed by atoms with Gasteiger partial charge < -0.3 is 19.4 Å². The number of nitro benzene ring substituents is 1. The molecular weight excluding hydrogens is 666 g/mol. The van der Waals surface area contributed by atoms with Gasteiger partial charge in [-0.05, 0) is 35.9 Å². The molecule has 0 aliphatic carbocycles. The minimum absolute atomic E-state index is 0.0288. The van der Waals surface area contributed by atoms with Gasteiger partial charge in [0.05, 0.1) is 43.2 Å². The second kappa shape index (κ2) is 13.9. The maximum absolute atomic E-state index is 13.7. The second-order valence-electron chi connectivity index (χ2n) is 9.83. The molecule has 1 aromatic heterocycles. The molecule has 1 atom stereocenters. The normalized spacial score (nSPS) is 14.2. The van der Waals surface area contributed by atoms with E-state index in [1.54, 1.807) is 31.9 Å². The monoisotopic (exact) mass is 693 g/mol. The molecule has 15 heteroatoms. The minimum Gasteiger partial charge on any atom is -0.493 e. The lowest BCUT2D eigenvalue weighted by Crippen LogP contribution is -2.29. The van der Waals surface area contributed by atoms with Gasteiger partial charge in [-0.1, -0.05) is 52.0 Å². The molecule has 2 amide bonds. The maximum atomic E-state index is 13.7. The van der Waals surface area contributed by atoms with Crippen LogP contribution in [-0.2, 0) is 18.4 Å². The Morgan fingerprint density at radius 1 is 1.07 bits per heavy atom. The SMILES string of the molecule is COc1cccc([C@H]2CC(c3ccc(Br)cc3)=NN2C(=O)CSc2nnc(CNC(=O)c3ccc([N+](=O)[O-])cc3)n2C)c1OC. The first-order valence-corrected chi connectivity index (χ1v) is 15.4. The molecule has 232 valence electrons. The smallest absolute Gasteiger partial charge is 0.269 e. The summed E-state index contributed by atoms with van der Waals surface area (Å²) >= 11 is 4.67. The number of hydrogen-bond acceptors (Lipinski definition) is 10. The van der Waals surface area contributed by atoms with Gasteiger partial charge >= 0.3 is 0 Å². The van der Waals surface area contributed by atoms with E-state index in [2.05, 4.69) is 31.4 Å². The molecule has 0 saturated heterocycles. The van der Waals surface area contributed by atoms with Crippen LogP contribution in [-0.4, -0.2) is 62.2 Å². The Morgan fingerprint density at radius 3 is 2.47 bits per heavy atom. The largest absolute Gasteiger partial charge is 0.493 e. The van der Waals surface area contributed by atoms with Gasteiger partial charge in [-0.3, -0.25) is 19.7 Å². The van der Waals surface area contributed by atoms with Crippen LogP contribution in [0.5, 0.6) is 11.5 Å². The van der Waals surface area contributed by atoms with E-state index in [-0.39, 0.29) is 29.5 Å². The van der Waals surface area contributed by atoms with Crippen molar-refractivity contribution in [3.63, 3.8) is 0 Å². The zero-order chi connectivity index (χ0) is 32.1. The molecule has 0 spiro atoms. The fraction of sp³-hybridized carbons (Fsp3) is 0.233. The van der Waals surface area contributed by atoms with Gasteiger partial charge in [0.2, 0.25) is 0 Å². The van der Waals surface area contributed by atoms with Crippen molar-refractivity contribution in [1.82, 2.24) is 25.1 Å². The number of rotatable bonds is 11. The summed E-state index contributed by atoms with van der Waals surface area (Å²) in [5.41, 5.74) is 2.62. The van der Waals surface area contributed by atoms with E-state index >= 15 is 0 Å². The van der Waals surface area contributed by atoms with Crippen molar-refractivity contribution in [3.05, 3.63) is 104 Å². The molecule has 13 nitrogen and oxygen atoms in total. The zero-order valence-electron chi connectivity index (χ0n) is 24.5. The number of hydrazone groups is 1. The minimum atomic E-state index is -0.529. The highest BCUT2D eigenvalue weighted by Crippen LogP contribution is 2.42. The number of methoxy groups -OCH3 is 2. The molecule has 2 heterocycles. The van der Waals surface area contributed by atoms with Crippen LogP contribution >= 0.6 is 27.7 Å². The third kappa shape index (κ3) is 6.99. The average molecular weight is 695 g/mol. The summed E-state index contributed by atoms with van der Waals surface area (Å²) in [6.07, 6.45) is 0.476. The molecule has 5 rings (SSSR count). The highest BCUT2D eigenvalue weighted by Gasteiger charge is 2.35. The number of benzene rings is 3. The number of carbonyl (C=O) groups excluding carboxylic acids is 2. The predicted octanol–water partition coefficient (Wildman–Crippen LogP) is 4.90. The first kappa shape index (κ1) is 31.7. The van der Waals surface area contributed by atoms with Crippen LogP contribution in [0.25, 0.3) is 0 Å². The van der Waals surface area contributed by atoms with Crippen LogP contribution in [0, 0.1) is 10.1 Å². The van der Waals surface area contributed by atoms with E-state index in [9.17, 15) is 19.7 Å². The predicted molar refractivity (Wildman–Crippen MR) is 170 cm³/mol. The number of para-hydroxylation sites is 1. The number of nitrogens with one attached hydrogen (secondary N) is 1. The quantitative estimate of drug-likeness (QED) is 0.131. The molecule has 0 bridgehead atoms. The molecule has 3 aromatic carbocycles. The Morgan fingerprint density at radius 2 is 1.80 bits per heavy atom. The van der Waals surface area contributed by atoms with Crippen LogP contribution in [0.2, 0.25) is 0 Å². The Hall–Kier alpha value is -4.76. The third-order valence-corrected chi connectivity index (χ3v) is 8.67. The molecule has 1 N–H and O–H groups in total. The number of thioether (sulfide) groups is 1. The fourth-order valence-corrected chi connectivity index (χ4v) is 5.83. The summed E-state index contributed by atoms with van der Waals surface area (Å²) in [7, 11) is 4.87. The molecule has 0 radical (unpaired) electrons. The molecule has 0 saturated carbocycles. The van der Waals surface area contributed by atoms with Gasteiger partial charge in [-0.15, -0.1) is 10.2 Å². The summed E-state index contributed by atoms with van der Waals surface area (Å²) < 4.78 is 13.8. The Kier molecular flexibility index (Phi) is 9.78. The van der Waals surface area contributed by atoms with Gasteiger partial charge in [-0.25, -0.2) is 5.01 Å². The van der Waals surface area contributed by atoms with Crippen molar-refractivity contribution in [2.45, 2.75) is 24.2 Å². The number of non-ortho nitro benzene ring substituents is 1. The van der Waals surface area contributed by atoms with Crippen molar-refractivity contribution < 1.29 is 24.0 Å². The number of ether oxygens (including phenoxy) is 2. The number of nitro groups is 1. The van der Waals surface area contributed by atoms with Gasteiger partial charge in [0, 0.05) is 41.2 Å². The van der Waals surface area contributed by atoms with Gasteiger partial charge in [0.1, 0.15) is 0 Å². The molecule has 1 aliphatic rings. The van der Waals surface area contributed by atoms with Crippen LogP contribution in [0.1, 0.15) is 39.8 Å². The molecule has 0 fully saturated rings. The van der Waals surface area contributed by atoms with Gasteiger partial charge in [-0.2, -0.15) is 5.10 Å². The van der Waals surface area contributed by atoms with Crippen LogP contribution < -0.4 is 14.8 Å². The maximum Gasteiger partial charge on any atom is 0.269 e. The van der Waals surface area contributed by atoms with Crippen LogP contribution in [0.3, 0.4) is 0 Å². The molecule has 1 aliphatic heterocycles. The number of halogens is 1. The lowest BCUT2D eigenvalue weighted by atomic mass is 9.97. The summed E-state index contributed by atoms with van der Waals surface area (Å²) in [4.78, 5) is 36.6. The molecule has 4 aromatic rings. The summed E-state index contributed by atoms with van der Waals surface area (Å²) in [6.45, 7) is 0.0680. The summed E-state index contributed by atoms with van der Waals surface area (Å²) in [5, 5.41) is 28.7. The number of aromatic nitrogens is 3. The summed E-state index contributed by atoms with van der Waals surface area (Å²) in [5.74, 6) is 0.942. The number of nitrogens with zero attached hydrogens (tertiary/aromatic N) is 6. The van der Waals surface area contributed by atoms with Crippen molar-refractivity contribution in [2.24, 2.45) is 12.1 Å². The Balaban J connectivity index is 1.29. The lowest BCUT2D eigenvalue weighted by molar-refractivity contribution is -0.384. The fourth-order valence-electron chi connectivity index (χ4n) is 4.79. The second-order valence-corrected chi connectivity index (χ2v) is 11.7. The van der Waals surface area contributed by atoms with E-state index in [1.165, 1.54) is 41.0 Å². The average Bonchev–Trinajstić information content (AvgIpc) is 3.66. The van der Waals surface area contributed by atoms with E-state index < -0.39 is 16.9 Å². The van der Waals surface area contributed by atoms with Crippen molar-refractivity contribution in [1.29, 1.82) is 0 Å². The number of amides is 2. The number of carbonyl (C=O) groups is 2. The van der Waals surface area contributed by atoms with E-state index in [1.807, 2.05) is 36.4 Å². The van der Waals surface area contributed by atoms with Crippen molar-refractivity contribution >= 4 is 50.9 Å². The first-order valence-electron chi connectivity index (χ1n) is 13.6. The number of hydrogen-bond donors (Lipinski definition) is 1. The Bertz CT molecular complexity index is 1760. The third-order valence-electron chi connectivity index (χ3n) is 7.13. The molecule has 45 heavy (non-hydrogen) atoms. The molecular formula is C30H28BrN7O6S. The highest BCUT2D eigenvalue weighted by atomic mass is 79.9. The summed E-state index contributed by atoms with van der Waals surface area (Å²) in [6, 6.07) is 18.2. The van der Waals surface area contributed by atoms with Crippen molar-refractivity contribution in [2.75, 3.05) is 20.0 Å². The van der Waals surface area contributed by atoms with Crippen molar-refractivity contribution in [3.8, 4) is 11.5 Å². The van der Waals surface area contributed by atoms with E-state index in [0.29, 0.717) is 28.9 Å². The first-order chi connectivity index (χ1) is 21.7. The highest BCUT2D eigenvalue weighted by molar-refractivity contribution is 9.10.